The van der Waals surface area contributed by atoms with Crippen LogP contribution in [0.1, 0.15) is 166 Å². The third-order valence-corrected chi connectivity index (χ3v) is 25.3. The summed E-state index contributed by atoms with van der Waals surface area (Å²) in [5, 5.41) is 13.2. The Morgan fingerprint density at radius 2 is 0.917 bits per heavy atom. The summed E-state index contributed by atoms with van der Waals surface area (Å²) in [6, 6.07) is 59.2. The van der Waals surface area contributed by atoms with Gasteiger partial charge in [0.15, 0.2) is 0 Å². The van der Waals surface area contributed by atoms with Crippen LogP contribution in [0.4, 0.5) is 47.3 Å². The molecular formula is C96H88Cl3F3N12O7. The van der Waals surface area contributed by atoms with Crippen molar-refractivity contribution in [2.45, 2.75) is 95.9 Å². The zero-order valence-electron chi connectivity index (χ0n) is 66.9. The number of anilines is 6. The number of hydrazone groups is 1. The molecule has 616 valence electrons. The van der Waals surface area contributed by atoms with Gasteiger partial charge < -0.3 is 40.1 Å². The highest BCUT2D eigenvalue weighted by molar-refractivity contribution is 6.35. The van der Waals surface area contributed by atoms with Crippen LogP contribution in [-0.4, -0.2) is 106 Å². The van der Waals surface area contributed by atoms with Crippen LogP contribution in [0.2, 0.25) is 15.1 Å². The fraction of sp³-hybridized carbons (Fsp3) is 0.250. The average Bonchev–Trinajstić information content (AvgIpc) is 1.62. The zero-order valence-corrected chi connectivity index (χ0v) is 69.2. The molecule has 6 aliphatic rings. The molecule has 9 aromatic carbocycles. The van der Waals surface area contributed by atoms with Gasteiger partial charge >= 0.3 is 0 Å². The molecule has 17 rings (SSSR count). The second-order valence-corrected chi connectivity index (χ2v) is 33.1. The highest BCUT2D eigenvalue weighted by Gasteiger charge is 2.48. The van der Waals surface area contributed by atoms with Gasteiger partial charge in [-0.1, -0.05) is 102 Å². The Morgan fingerprint density at radius 3 is 1.36 bits per heavy atom. The molecule has 11 aromatic rings. The Kier molecular flexibility index (Phi) is 25.1. The van der Waals surface area contributed by atoms with E-state index in [1.54, 1.807) is 96.0 Å². The van der Waals surface area contributed by atoms with Crippen molar-refractivity contribution in [1.29, 1.82) is 0 Å². The lowest BCUT2D eigenvalue weighted by molar-refractivity contribution is 0.0949. The van der Waals surface area contributed by atoms with E-state index >= 15 is 0 Å². The summed E-state index contributed by atoms with van der Waals surface area (Å²) in [4.78, 5) is 109. The van der Waals surface area contributed by atoms with E-state index in [4.69, 9.17) is 34.8 Å². The molecule has 2 aromatic heterocycles. The minimum Gasteiger partial charge on any atom is -0.334 e. The van der Waals surface area contributed by atoms with Crippen molar-refractivity contribution in [2.75, 3.05) is 64.4 Å². The van der Waals surface area contributed by atoms with E-state index in [0.29, 0.717) is 77.8 Å². The lowest BCUT2D eigenvalue weighted by atomic mass is 9.73. The highest BCUT2D eigenvalue weighted by atomic mass is 35.5. The van der Waals surface area contributed by atoms with Gasteiger partial charge in [-0.05, 0) is 283 Å². The minimum absolute atomic E-state index is 0.0217. The monoisotopic (exact) mass is 1680 g/mol. The van der Waals surface area contributed by atoms with Gasteiger partial charge in [0.25, 0.3) is 41.4 Å². The first-order chi connectivity index (χ1) is 58.4. The van der Waals surface area contributed by atoms with Crippen molar-refractivity contribution in [2.24, 2.45) is 28.4 Å². The number of carbonyl (C=O) groups is 7. The number of amides is 7. The topological polar surface area (TPSA) is 224 Å². The van der Waals surface area contributed by atoms with Crippen molar-refractivity contribution < 1.29 is 46.7 Å². The van der Waals surface area contributed by atoms with Gasteiger partial charge in [0.2, 0.25) is 0 Å². The number of aromatic nitrogens is 3. The summed E-state index contributed by atoms with van der Waals surface area (Å²) in [5.41, 5.74) is 14.4. The zero-order chi connectivity index (χ0) is 84.7. The molecule has 0 radical (unpaired) electrons. The molecule has 2 saturated carbocycles. The number of nitrogens with zero attached hydrogens (tertiary/aromatic N) is 8. The molecule has 3 aliphatic carbocycles. The number of para-hydroxylation sites is 3. The lowest BCUT2D eigenvalue weighted by Crippen LogP contribution is -2.43. The number of pyridine rings is 1. The van der Waals surface area contributed by atoms with Gasteiger partial charge in [-0.3, -0.25) is 38.5 Å². The van der Waals surface area contributed by atoms with E-state index in [9.17, 15) is 46.7 Å². The fourth-order valence-electron chi connectivity index (χ4n) is 18.3. The van der Waals surface area contributed by atoms with Crippen molar-refractivity contribution in [1.82, 2.24) is 24.9 Å². The molecule has 3 spiro atoms. The largest absolute Gasteiger partial charge is 0.334 e. The third kappa shape index (κ3) is 18.2. The molecule has 4 N–H and O–H groups in total. The number of aryl methyl sites for hydroxylation is 1. The Morgan fingerprint density at radius 1 is 0.471 bits per heavy atom. The van der Waals surface area contributed by atoms with Crippen LogP contribution in [0.15, 0.2) is 248 Å². The highest BCUT2D eigenvalue weighted by Crippen LogP contribution is 2.53. The van der Waals surface area contributed by atoms with Gasteiger partial charge in [-0.15, -0.1) is 0 Å². The first kappa shape index (κ1) is 83.7. The molecule has 5 heterocycles. The molecule has 4 atom stereocenters. The standard InChI is InChI=1S/C34H29ClFN5O3.C32H28ClFN4O2.C30H31ClFN3O2/c35-28-14-11-25(36)19-27(28)32(43)38-26-12-9-22(10-13-26)33(44)41-18-16-34(20-23-5-1-2-7-29(23)41)15-3-8-30(34)39-40-31(42)24-6-4-17-37-21-24;1-37-18-16-35-29(37)26-6-4-14-32(26)15-17-38(28-7-3-2-5-22(28)20-32)31(40)21-8-11-24(12-9-21)36-30(39)25-19-23(34)10-13-27(25)33;1-34(2)27-8-5-15-30(27)16-17-35(26-7-4-3-6-21(26)19-30)29(37)20-9-12-23(13-10-20)33-28(36)24-18-22(32)11-14-25(24)31/h1-2,4-7,9-14,17,19,21H,3,8,15-16,18,20H2,(H,38,43)(H,40,42);2-3,5-13,16,18-19H,4,14-15,17,20H2,1H3,(H,36,39);3-4,6-7,9-14,18,27H,5,8,15-17,19H2,1-2H3,(H,33,36). The number of fused-ring (bicyclic) bond motifs is 3. The summed E-state index contributed by atoms with van der Waals surface area (Å²) in [5.74, 6) is -2.88. The molecular weight excluding hydrogens is 1600 g/mol. The van der Waals surface area contributed by atoms with Gasteiger partial charge in [-0.2, -0.15) is 5.10 Å². The van der Waals surface area contributed by atoms with E-state index in [0.717, 1.165) is 116 Å². The molecule has 19 nitrogen and oxygen atoms in total. The van der Waals surface area contributed by atoms with Crippen LogP contribution in [0.5, 0.6) is 0 Å². The van der Waals surface area contributed by atoms with E-state index in [-0.39, 0.29) is 71.6 Å². The summed E-state index contributed by atoms with van der Waals surface area (Å²) < 4.78 is 42.9. The Hall–Kier alpha value is -12.3. The maximum Gasteiger partial charge on any atom is 0.272 e. The van der Waals surface area contributed by atoms with Gasteiger partial charge in [0, 0.05) is 125 Å². The maximum atomic E-state index is 13.9. The van der Waals surface area contributed by atoms with Gasteiger partial charge in [-0.25, -0.2) is 23.6 Å². The number of carbonyl (C=O) groups excluding carboxylic acids is 7. The van der Waals surface area contributed by atoms with Gasteiger partial charge in [0.05, 0.1) is 37.3 Å². The second kappa shape index (κ2) is 36.3. The second-order valence-electron chi connectivity index (χ2n) is 31.9. The molecule has 0 bridgehead atoms. The fourth-order valence-corrected chi connectivity index (χ4v) is 18.9. The Bertz CT molecular complexity index is 5850. The van der Waals surface area contributed by atoms with E-state index in [2.05, 4.69) is 84.3 Å². The van der Waals surface area contributed by atoms with Crippen molar-refractivity contribution in [3.05, 3.63) is 337 Å². The molecule has 25 heteroatoms. The predicted molar refractivity (Wildman–Crippen MR) is 469 cm³/mol. The van der Waals surface area contributed by atoms with Crippen LogP contribution in [0, 0.1) is 33.7 Å². The summed E-state index contributed by atoms with van der Waals surface area (Å²) in [6.07, 6.45) is 22.5. The van der Waals surface area contributed by atoms with Crippen molar-refractivity contribution in [3.63, 3.8) is 0 Å². The number of hydrogen-bond donors (Lipinski definition) is 4. The smallest absolute Gasteiger partial charge is 0.272 e. The molecule has 3 aliphatic heterocycles. The van der Waals surface area contributed by atoms with Crippen LogP contribution < -0.4 is 36.1 Å². The number of halogens is 6. The quantitative estimate of drug-likeness (QED) is 0.0799. The molecule has 121 heavy (non-hydrogen) atoms. The predicted octanol–water partition coefficient (Wildman–Crippen LogP) is 20.0. The van der Waals surface area contributed by atoms with Gasteiger partial charge in [0.1, 0.15) is 23.3 Å². The number of benzene rings is 9. The third-order valence-electron chi connectivity index (χ3n) is 24.3. The van der Waals surface area contributed by atoms with Crippen molar-refractivity contribution >= 4 is 122 Å². The van der Waals surface area contributed by atoms with E-state index in [1.165, 1.54) is 73.0 Å². The molecule has 2 fully saturated rings. The number of rotatable bonds is 13. The normalized spacial score (nSPS) is 19.2. The van der Waals surface area contributed by atoms with E-state index in [1.807, 2.05) is 83.8 Å². The molecule has 4 unspecified atom stereocenters. The van der Waals surface area contributed by atoms with Crippen LogP contribution in [0.3, 0.4) is 0 Å². The first-order valence-electron chi connectivity index (χ1n) is 40.4. The summed E-state index contributed by atoms with van der Waals surface area (Å²) in [6.45, 7) is 1.72. The van der Waals surface area contributed by atoms with E-state index < -0.39 is 35.2 Å². The lowest BCUT2D eigenvalue weighted by Gasteiger charge is -2.39. The summed E-state index contributed by atoms with van der Waals surface area (Å²) in [7, 11) is 6.36. The number of hydrogen-bond acceptors (Lipinski definition) is 11. The number of imidazole rings is 1. The Labute approximate surface area is 714 Å². The van der Waals surface area contributed by atoms with Crippen LogP contribution >= 0.6 is 34.8 Å². The Balaban J connectivity index is 0.000000142. The average molecular weight is 1690 g/mol. The minimum atomic E-state index is -0.564. The summed E-state index contributed by atoms with van der Waals surface area (Å²) >= 11 is 18.2. The molecule has 0 saturated heterocycles. The van der Waals surface area contributed by atoms with Crippen LogP contribution in [-0.2, 0) is 26.3 Å². The number of allylic oxidation sites excluding steroid dienone is 2. The first-order valence-corrected chi connectivity index (χ1v) is 41.5. The SMILES string of the molecule is CN(C)C1CCCC12CCN(C(=O)c1ccc(NC(=O)c3cc(F)ccc3Cl)cc1)c1ccccc1C2.Cn1ccnc1C1=CCCC12CCN(C(=O)c1ccc(NC(=O)c3cc(F)ccc3Cl)cc1)c1ccccc1C2.O=C(NN=C1CCCC12CCN(C(=O)c1ccc(NC(=O)c3cc(F)ccc3Cl)cc1)c1ccccc1C2)c1cccnc1. The molecule has 7 amide bonds. The number of nitrogens with one attached hydrogen (secondary N) is 4. The van der Waals surface area contributed by atoms with Crippen molar-refractivity contribution in [3.8, 4) is 0 Å². The van der Waals surface area contributed by atoms with Crippen LogP contribution in [0.25, 0.3) is 5.57 Å². The maximum absolute atomic E-state index is 13.9.